The number of methoxy groups -OCH3 is 1. The molecule has 0 aliphatic carbocycles. The lowest BCUT2D eigenvalue weighted by Crippen LogP contribution is -2.35. The van der Waals surface area contributed by atoms with Crippen molar-refractivity contribution >= 4 is 23.4 Å². The second-order valence-electron chi connectivity index (χ2n) is 4.51. The Balaban J connectivity index is 2.44. The Kier molecular flexibility index (Phi) is 4.66. The van der Waals surface area contributed by atoms with Gasteiger partial charge in [0, 0.05) is 6.07 Å². The predicted molar refractivity (Wildman–Crippen MR) is 67.2 cm³/mol. The maximum Gasteiger partial charge on any atom is 0.408 e. The van der Waals surface area contributed by atoms with E-state index in [9.17, 15) is 9.59 Å². The summed E-state index contributed by atoms with van der Waals surface area (Å²) in [7, 11) is 1.47. The van der Waals surface area contributed by atoms with E-state index in [-0.39, 0.29) is 12.3 Å². The van der Waals surface area contributed by atoms with Crippen LogP contribution in [0.2, 0.25) is 0 Å². The molecule has 100 valence electrons. The number of alkyl carbamates (subject to hydrolysis) is 1. The number of ketones is 1. The van der Waals surface area contributed by atoms with E-state index in [0.29, 0.717) is 10.8 Å². The highest BCUT2D eigenvalue weighted by atomic mass is 32.1. The topological polar surface area (TPSA) is 77.5 Å². The van der Waals surface area contributed by atoms with Gasteiger partial charge in [-0.25, -0.2) is 4.79 Å². The molecule has 0 aliphatic heterocycles. The van der Waals surface area contributed by atoms with Crippen molar-refractivity contribution in [1.29, 1.82) is 0 Å². The van der Waals surface area contributed by atoms with Gasteiger partial charge in [0.15, 0.2) is 5.78 Å². The van der Waals surface area contributed by atoms with E-state index in [1.807, 2.05) is 0 Å². The number of amides is 1. The van der Waals surface area contributed by atoms with Gasteiger partial charge in [-0.1, -0.05) is 0 Å². The van der Waals surface area contributed by atoms with Crippen LogP contribution in [0, 0.1) is 0 Å². The van der Waals surface area contributed by atoms with Gasteiger partial charge < -0.3 is 14.8 Å². The molecule has 0 fully saturated rings. The third-order valence-corrected chi connectivity index (χ3v) is 2.58. The first-order chi connectivity index (χ1) is 8.31. The van der Waals surface area contributed by atoms with Gasteiger partial charge in [0.1, 0.15) is 5.60 Å². The van der Waals surface area contributed by atoms with Crippen molar-refractivity contribution in [1.82, 2.24) is 9.69 Å². The molecule has 6 nitrogen and oxygen atoms in total. The standard InChI is InChI=1S/C11H16N2O4S/c1-11(2,3)17-10(15)12-6-7(14)8-5-9(16-4)13-18-8/h5H,6H2,1-4H3,(H,12,15). The zero-order valence-corrected chi connectivity index (χ0v) is 11.6. The molecular formula is C11H16N2O4S. The molecule has 1 aromatic rings. The van der Waals surface area contributed by atoms with Crippen LogP contribution in [0.3, 0.4) is 0 Å². The molecular weight excluding hydrogens is 256 g/mol. The Morgan fingerprint density at radius 2 is 2.11 bits per heavy atom. The molecule has 7 heteroatoms. The minimum absolute atomic E-state index is 0.125. The van der Waals surface area contributed by atoms with E-state index in [1.54, 1.807) is 20.8 Å². The molecule has 0 saturated heterocycles. The lowest BCUT2D eigenvalue weighted by atomic mass is 10.2. The van der Waals surface area contributed by atoms with Crippen LogP contribution in [0.25, 0.3) is 0 Å². The quantitative estimate of drug-likeness (QED) is 0.846. The summed E-state index contributed by atoms with van der Waals surface area (Å²) in [6.07, 6.45) is -0.618. The minimum Gasteiger partial charge on any atom is -0.480 e. The number of nitrogens with one attached hydrogen (secondary N) is 1. The van der Waals surface area contributed by atoms with Crippen LogP contribution in [0.1, 0.15) is 30.4 Å². The van der Waals surface area contributed by atoms with Gasteiger partial charge in [-0.05, 0) is 32.3 Å². The van der Waals surface area contributed by atoms with Crippen LogP contribution in [0.4, 0.5) is 4.79 Å². The molecule has 1 rings (SSSR count). The molecule has 0 unspecified atom stereocenters. The maximum absolute atomic E-state index is 11.7. The Hall–Kier alpha value is -1.63. The number of hydrogen-bond acceptors (Lipinski definition) is 6. The van der Waals surface area contributed by atoms with Gasteiger partial charge in [-0.2, -0.15) is 4.37 Å². The fourth-order valence-electron chi connectivity index (χ4n) is 1.04. The Labute approximate surface area is 109 Å². The minimum atomic E-state index is -0.618. The molecule has 18 heavy (non-hydrogen) atoms. The summed E-state index contributed by atoms with van der Waals surface area (Å²) >= 11 is 1.03. The van der Waals surface area contributed by atoms with E-state index < -0.39 is 11.7 Å². The first-order valence-electron chi connectivity index (χ1n) is 5.32. The van der Waals surface area contributed by atoms with E-state index in [4.69, 9.17) is 9.47 Å². The summed E-state index contributed by atoms with van der Waals surface area (Å²) in [6, 6.07) is 1.53. The van der Waals surface area contributed by atoms with Crippen LogP contribution < -0.4 is 10.1 Å². The van der Waals surface area contributed by atoms with Gasteiger partial charge in [-0.3, -0.25) is 4.79 Å². The van der Waals surface area contributed by atoms with Crippen molar-refractivity contribution in [3.05, 3.63) is 10.9 Å². The molecule has 0 bridgehead atoms. The number of ether oxygens (including phenoxy) is 2. The summed E-state index contributed by atoms with van der Waals surface area (Å²) in [5, 5.41) is 2.39. The van der Waals surface area contributed by atoms with Crippen LogP contribution in [-0.4, -0.2) is 35.5 Å². The first-order valence-corrected chi connectivity index (χ1v) is 6.10. The van der Waals surface area contributed by atoms with Crippen molar-refractivity contribution in [2.75, 3.05) is 13.7 Å². The normalized spacial score (nSPS) is 10.9. The summed E-state index contributed by atoms with van der Waals surface area (Å²) < 4.78 is 13.8. The number of aromatic nitrogens is 1. The molecule has 0 atom stereocenters. The number of rotatable bonds is 4. The molecule has 1 N–H and O–H groups in total. The third kappa shape index (κ3) is 4.70. The fraction of sp³-hybridized carbons (Fsp3) is 0.545. The van der Waals surface area contributed by atoms with Crippen molar-refractivity contribution in [2.24, 2.45) is 0 Å². The van der Waals surface area contributed by atoms with E-state index in [2.05, 4.69) is 9.69 Å². The molecule has 1 amide bonds. The van der Waals surface area contributed by atoms with Crippen LogP contribution >= 0.6 is 11.5 Å². The monoisotopic (exact) mass is 272 g/mol. The number of carbonyl (C=O) groups excluding carboxylic acids is 2. The van der Waals surface area contributed by atoms with Crippen LogP contribution in [0.5, 0.6) is 5.88 Å². The summed E-state index contributed by atoms with van der Waals surface area (Å²) in [6.45, 7) is 5.13. The van der Waals surface area contributed by atoms with Gasteiger partial charge in [-0.15, -0.1) is 0 Å². The van der Waals surface area contributed by atoms with Crippen molar-refractivity contribution in [3.63, 3.8) is 0 Å². The first kappa shape index (κ1) is 14.4. The average Bonchev–Trinajstić information content (AvgIpc) is 2.72. The highest BCUT2D eigenvalue weighted by molar-refractivity contribution is 7.08. The van der Waals surface area contributed by atoms with E-state index >= 15 is 0 Å². The zero-order chi connectivity index (χ0) is 13.8. The molecule has 0 aromatic carbocycles. The van der Waals surface area contributed by atoms with E-state index in [1.165, 1.54) is 13.2 Å². The highest BCUT2D eigenvalue weighted by Crippen LogP contribution is 2.16. The van der Waals surface area contributed by atoms with E-state index in [0.717, 1.165) is 11.5 Å². The fourth-order valence-corrected chi connectivity index (χ4v) is 1.68. The second-order valence-corrected chi connectivity index (χ2v) is 5.32. The number of Topliss-reactive ketones (excluding diaryl/α,β-unsaturated/α-hetero) is 1. The third-order valence-electron chi connectivity index (χ3n) is 1.76. The van der Waals surface area contributed by atoms with Crippen molar-refractivity contribution in [3.8, 4) is 5.88 Å². The molecule has 0 radical (unpaired) electrons. The summed E-state index contributed by atoms with van der Waals surface area (Å²) in [5.74, 6) is 0.155. The van der Waals surface area contributed by atoms with Gasteiger partial charge in [0.25, 0.3) is 0 Å². The smallest absolute Gasteiger partial charge is 0.408 e. The number of hydrogen-bond donors (Lipinski definition) is 1. The summed E-state index contributed by atoms with van der Waals surface area (Å²) in [5.41, 5.74) is -0.583. The highest BCUT2D eigenvalue weighted by Gasteiger charge is 2.17. The SMILES string of the molecule is COc1cc(C(=O)CNC(=O)OC(C)(C)C)sn1. The van der Waals surface area contributed by atoms with Gasteiger partial charge >= 0.3 is 6.09 Å². The summed E-state index contributed by atoms with van der Waals surface area (Å²) in [4.78, 5) is 23.5. The molecule has 0 saturated carbocycles. The van der Waals surface area contributed by atoms with Crippen LogP contribution in [-0.2, 0) is 4.74 Å². The predicted octanol–water partition coefficient (Wildman–Crippen LogP) is 1.86. The van der Waals surface area contributed by atoms with Gasteiger partial charge in [0.2, 0.25) is 5.88 Å². The average molecular weight is 272 g/mol. The molecule has 0 spiro atoms. The Bertz CT molecular complexity index is 436. The van der Waals surface area contributed by atoms with Crippen molar-refractivity contribution < 1.29 is 19.1 Å². The van der Waals surface area contributed by atoms with Crippen molar-refractivity contribution in [2.45, 2.75) is 26.4 Å². The molecule has 0 aliphatic rings. The lowest BCUT2D eigenvalue weighted by molar-refractivity contribution is 0.0520. The molecule has 1 heterocycles. The largest absolute Gasteiger partial charge is 0.480 e. The Morgan fingerprint density at radius 1 is 1.44 bits per heavy atom. The van der Waals surface area contributed by atoms with Gasteiger partial charge in [0.05, 0.1) is 18.5 Å². The Morgan fingerprint density at radius 3 is 2.61 bits per heavy atom. The maximum atomic E-state index is 11.7. The van der Waals surface area contributed by atoms with Crippen LogP contribution in [0.15, 0.2) is 6.07 Å². The molecule has 1 aromatic heterocycles. The lowest BCUT2D eigenvalue weighted by Gasteiger charge is -2.19. The second kappa shape index (κ2) is 5.81. The number of carbonyl (C=O) groups is 2. The zero-order valence-electron chi connectivity index (χ0n) is 10.8. The number of nitrogens with zero attached hydrogens (tertiary/aromatic N) is 1.